The van der Waals surface area contributed by atoms with E-state index in [1.165, 1.54) is 55.9 Å². The van der Waals surface area contributed by atoms with E-state index < -0.39 is 0 Å². The number of allylic oxidation sites excluding steroid dienone is 2. The first kappa shape index (κ1) is 18.5. The summed E-state index contributed by atoms with van der Waals surface area (Å²) in [5, 5.41) is 0. The summed E-state index contributed by atoms with van der Waals surface area (Å²) < 4.78 is 0. The summed E-state index contributed by atoms with van der Waals surface area (Å²) >= 11 is 0. The normalized spacial score (nSPS) is 23.7. The second-order valence-electron chi connectivity index (χ2n) is 9.86. The lowest BCUT2D eigenvalue weighted by atomic mass is 9.80. The lowest BCUT2D eigenvalue weighted by Crippen LogP contribution is -2.31. The van der Waals surface area contributed by atoms with Crippen LogP contribution in [0.15, 0.2) is 36.4 Å². The van der Waals surface area contributed by atoms with Crippen LogP contribution in [0.2, 0.25) is 0 Å². The quantitative estimate of drug-likeness (QED) is 0.513. The molecule has 150 valence electrons. The number of fused-ring (bicyclic) bond motifs is 5. The van der Waals surface area contributed by atoms with Gasteiger partial charge in [-0.2, -0.15) is 0 Å². The van der Waals surface area contributed by atoms with Crippen LogP contribution in [0.3, 0.4) is 0 Å². The van der Waals surface area contributed by atoms with Gasteiger partial charge in [0.2, 0.25) is 0 Å². The molecule has 0 N–H and O–H groups in total. The first-order chi connectivity index (χ1) is 13.6. The standard InChI is InChI=1S/C27H32N2/c1-15-9-17(3)28(7)25-13-23-21(11-19(15)25)22-12-20-16(2)10-18(4)29(8)26(20)14-24(22)27(23,5)6/h9-14,17-18H,1-8H3. The van der Waals surface area contributed by atoms with Crippen molar-refractivity contribution in [2.75, 3.05) is 23.9 Å². The summed E-state index contributed by atoms with van der Waals surface area (Å²) in [7, 11) is 4.44. The summed E-state index contributed by atoms with van der Waals surface area (Å²) in [5.74, 6) is 0. The topological polar surface area (TPSA) is 6.48 Å². The van der Waals surface area contributed by atoms with E-state index in [-0.39, 0.29) is 5.41 Å². The van der Waals surface area contributed by atoms with Crippen molar-refractivity contribution in [1.29, 1.82) is 0 Å². The van der Waals surface area contributed by atoms with Gasteiger partial charge in [0.25, 0.3) is 0 Å². The van der Waals surface area contributed by atoms with Gasteiger partial charge in [-0.05, 0) is 85.4 Å². The molecule has 0 bridgehead atoms. The van der Waals surface area contributed by atoms with Gasteiger partial charge in [0, 0.05) is 54.1 Å². The van der Waals surface area contributed by atoms with Crippen LogP contribution in [0.25, 0.3) is 22.3 Å². The monoisotopic (exact) mass is 384 g/mol. The molecule has 5 rings (SSSR count). The van der Waals surface area contributed by atoms with Crippen molar-refractivity contribution < 1.29 is 0 Å². The third kappa shape index (κ3) is 2.35. The van der Waals surface area contributed by atoms with Crippen molar-refractivity contribution in [1.82, 2.24) is 0 Å². The average Bonchev–Trinajstić information content (AvgIpc) is 2.89. The Morgan fingerprint density at radius 1 is 0.655 bits per heavy atom. The van der Waals surface area contributed by atoms with Crippen molar-refractivity contribution in [2.24, 2.45) is 0 Å². The lowest BCUT2D eigenvalue weighted by molar-refractivity contribution is 0.658. The van der Waals surface area contributed by atoms with Crippen LogP contribution in [0.4, 0.5) is 11.4 Å². The van der Waals surface area contributed by atoms with Gasteiger partial charge < -0.3 is 9.80 Å². The first-order valence-electron chi connectivity index (χ1n) is 10.8. The number of nitrogens with zero attached hydrogens (tertiary/aromatic N) is 2. The zero-order valence-corrected chi connectivity index (χ0v) is 19.0. The Balaban J connectivity index is 1.79. The Morgan fingerprint density at radius 2 is 1.03 bits per heavy atom. The van der Waals surface area contributed by atoms with E-state index in [4.69, 9.17) is 0 Å². The Labute approximate surface area is 175 Å². The third-order valence-corrected chi connectivity index (χ3v) is 7.72. The Hall–Kier alpha value is -2.48. The molecular formula is C27H32N2. The van der Waals surface area contributed by atoms with Crippen molar-refractivity contribution in [3.05, 3.63) is 58.7 Å². The number of anilines is 2. The molecule has 1 aliphatic carbocycles. The lowest BCUT2D eigenvalue weighted by Gasteiger charge is -2.34. The molecule has 2 aliphatic heterocycles. The molecule has 2 heterocycles. The van der Waals surface area contributed by atoms with Gasteiger partial charge in [-0.25, -0.2) is 0 Å². The summed E-state index contributed by atoms with van der Waals surface area (Å²) in [6.45, 7) is 13.8. The van der Waals surface area contributed by atoms with E-state index in [2.05, 4.69) is 102 Å². The van der Waals surface area contributed by atoms with Crippen molar-refractivity contribution in [3.8, 4) is 11.1 Å². The molecular weight excluding hydrogens is 352 g/mol. The van der Waals surface area contributed by atoms with Crippen molar-refractivity contribution in [3.63, 3.8) is 0 Å². The minimum atomic E-state index is 0.00696. The van der Waals surface area contributed by atoms with Crippen LogP contribution in [0.5, 0.6) is 0 Å². The SMILES string of the molecule is CC1=CC(C)N(C)c2cc3c(cc21)-c1cc2c(cc1C3(C)C)N(C)C(C)C=C2C. The fraction of sp³-hybridized carbons (Fsp3) is 0.407. The van der Waals surface area contributed by atoms with Crippen LogP contribution >= 0.6 is 0 Å². The highest BCUT2D eigenvalue weighted by atomic mass is 15.1. The number of likely N-dealkylation sites (N-methyl/N-ethyl adjacent to an activating group) is 2. The van der Waals surface area contributed by atoms with Crippen LogP contribution in [0, 0.1) is 0 Å². The molecule has 3 aliphatic rings. The molecule has 0 aromatic heterocycles. The number of hydrogen-bond acceptors (Lipinski definition) is 2. The molecule has 0 saturated heterocycles. The van der Waals surface area contributed by atoms with Gasteiger partial charge in [-0.15, -0.1) is 0 Å². The van der Waals surface area contributed by atoms with Gasteiger partial charge in [0.15, 0.2) is 0 Å². The van der Waals surface area contributed by atoms with E-state index in [1.807, 2.05) is 0 Å². The van der Waals surface area contributed by atoms with Gasteiger partial charge in [-0.3, -0.25) is 0 Å². The Bertz CT molecular complexity index is 1030. The third-order valence-electron chi connectivity index (χ3n) is 7.72. The molecule has 2 nitrogen and oxygen atoms in total. The molecule has 0 fully saturated rings. The smallest absolute Gasteiger partial charge is 0.0448 e. The van der Waals surface area contributed by atoms with Crippen LogP contribution in [0.1, 0.15) is 63.8 Å². The van der Waals surface area contributed by atoms with E-state index in [9.17, 15) is 0 Å². The average molecular weight is 385 g/mol. The highest BCUT2D eigenvalue weighted by molar-refractivity contribution is 5.93. The minimum absolute atomic E-state index is 0.00696. The molecule has 2 aromatic rings. The predicted octanol–water partition coefficient (Wildman–Crippen LogP) is 6.48. The number of benzene rings is 2. The van der Waals surface area contributed by atoms with Crippen molar-refractivity contribution in [2.45, 2.75) is 59.0 Å². The fourth-order valence-electron chi connectivity index (χ4n) is 5.58. The Kier molecular flexibility index (Phi) is 3.70. The van der Waals surface area contributed by atoms with Crippen molar-refractivity contribution >= 4 is 22.5 Å². The van der Waals surface area contributed by atoms with E-state index >= 15 is 0 Å². The van der Waals surface area contributed by atoms with E-state index in [0.717, 1.165) is 0 Å². The maximum Gasteiger partial charge on any atom is 0.0448 e. The summed E-state index contributed by atoms with van der Waals surface area (Å²) in [6.07, 6.45) is 4.76. The van der Waals surface area contributed by atoms with Crippen LogP contribution < -0.4 is 9.80 Å². The van der Waals surface area contributed by atoms with Gasteiger partial charge in [-0.1, -0.05) is 26.0 Å². The second kappa shape index (κ2) is 5.78. The van der Waals surface area contributed by atoms with E-state index in [1.54, 1.807) is 0 Å². The highest BCUT2D eigenvalue weighted by Crippen LogP contribution is 2.54. The molecule has 0 radical (unpaired) electrons. The predicted molar refractivity (Wildman–Crippen MR) is 127 cm³/mol. The molecule has 2 heteroatoms. The van der Waals surface area contributed by atoms with E-state index in [0.29, 0.717) is 12.1 Å². The summed E-state index contributed by atoms with van der Waals surface area (Å²) in [5.41, 5.74) is 14.0. The summed E-state index contributed by atoms with van der Waals surface area (Å²) in [6, 6.07) is 10.7. The first-order valence-corrected chi connectivity index (χ1v) is 10.8. The van der Waals surface area contributed by atoms with Crippen LogP contribution in [-0.4, -0.2) is 26.2 Å². The molecule has 29 heavy (non-hydrogen) atoms. The fourth-order valence-corrected chi connectivity index (χ4v) is 5.58. The molecule has 2 atom stereocenters. The van der Waals surface area contributed by atoms with Gasteiger partial charge in [0.05, 0.1) is 0 Å². The highest BCUT2D eigenvalue weighted by Gasteiger charge is 2.39. The minimum Gasteiger partial charge on any atom is -0.368 e. The summed E-state index contributed by atoms with van der Waals surface area (Å²) in [4.78, 5) is 4.82. The molecule has 2 aromatic carbocycles. The van der Waals surface area contributed by atoms with Gasteiger partial charge in [0.1, 0.15) is 0 Å². The second-order valence-corrected chi connectivity index (χ2v) is 9.86. The van der Waals surface area contributed by atoms with Gasteiger partial charge >= 0.3 is 0 Å². The molecule has 2 unspecified atom stereocenters. The zero-order chi connectivity index (χ0) is 20.8. The molecule has 0 amide bonds. The maximum absolute atomic E-state index is 2.46. The van der Waals surface area contributed by atoms with Crippen LogP contribution in [-0.2, 0) is 5.41 Å². The largest absolute Gasteiger partial charge is 0.368 e. The maximum atomic E-state index is 2.46. The number of hydrogen-bond donors (Lipinski definition) is 0. The Morgan fingerprint density at radius 3 is 1.41 bits per heavy atom. The molecule has 0 spiro atoms. The number of rotatable bonds is 0. The molecule has 0 saturated carbocycles. The zero-order valence-electron chi connectivity index (χ0n) is 19.0.